The maximum absolute atomic E-state index is 12.1. The van der Waals surface area contributed by atoms with Gasteiger partial charge in [-0.05, 0) is 64.2 Å². The fourth-order valence-corrected chi connectivity index (χ4v) is 3.32. The number of hydrogen-bond donors (Lipinski definition) is 3. The van der Waals surface area contributed by atoms with Crippen LogP contribution in [0.25, 0.3) is 0 Å². The zero-order valence-electron chi connectivity index (χ0n) is 18.3. The molecule has 1 aromatic carbocycles. The van der Waals surface area contributed by atoms with Crippen molar-refractivity contribution in [3.05, 3.63) is 41.5 Å². The lowest BCUT2D eigenvalue weighted by Crippen LogP contribution is -2.37. The molecule has 0 aliphatic heterocycles. The standard InChI is InChI=1S/C23H33N3O4/c1-16(18-7-5-6-8-18)13-20(27)24-14-17-9-11-19(12-10-17)26-21(28)15-25-22(29)30-23(2,3)4/h9-13,18H,5-8,14-15H2,1-4H3,(H,24,27)(H,25,29)(H,26,28)/b16-13+. The highest BCUT2D eigenvalue weighted by Crippen LogP contribution is 2.30. The number of allylic oxidation sites excluding steroid dienone is 1. The largest absolute Gasteiger partial charge is 0.444 e. The first-order chi connectivity index (χ1) is 14.1. The summed E-state index contributed by atoms with van der Waals surface area (Å²) < 4.78 is 5.08. The molecule has 7 heteroatoms. The molecule has 164 valence electrons. The fraction of sp³-hybridized carbons (Fsp3) is 0.522. The van der Waals surface area contributed by atoms with E-state index in [1.54, 1.807) is 39.0 Å². The van der Waals surface area contributed by atoms with E-state index in [9.17, 15) is 14.4 Å². The summed E-state index contributed by atoms with van der Waals surface area (Å²) >= 11 is 0. The Hall–Kier alpha value is -2.83. The Kier molecular flexibility index (Phi) is 8.45. The van der Waals surface area contributed by atoms with Crippen LogP contribution in [0.2, 0.25) is 0 Å². The SMILES string of the molecule is C/C(=C\C(=O)NCc1ccc(NC(=O)CNC(=O)OC(C)(C)C)cc1)C1CCCC1. The van der Waals surface area contributed by atoms with Crippen molar-refractivity contribution in [2.45, 2.75) is 65.5 Å². The molecule has 1 aromatic rings. The van der Waals surface area contributed by atoms with Crippen LogP contribution in [0.4, 0.5) is 10.5 Å². The number of alkyl carbamates (subject to hydrolysis) is 1. The van der Waals surface area contributed by atoms with Gasteiger partial charge in [-0.1, -0.05) is 30.5 Å². The van der Waals surface area contributed by atoms with Crippen molar-refractivity contribution in [3.63, 3.8) is 0 Å². The third-order valence-electron chi connectivity index (χ3n) is 4.85. The highest BCUT2D eigenvalue weighted by Gasteiger charge is 2.17. The zero-order chi connectivity index (χ0) is 22.1. The first-order valence-corrected chi connectivity index (χ1v) is 10.4. The number of rotatable bonds is 7. The van der Waals surface area contributed by atoms with Gasteiger partial charge in [0.25, 0.3) is 0 Å². The highest BCUT2D eigenvalue weighted by molar-refractivity contribution is 5.93. The van der Waals surface area contributed by atoms with E-state index in [0.717, 1.165) is 11.1 Å². The summed E-state index contributed by atoms with van der Waals surface area (Å²) in [7, 11) is 0. The lowest BCUT2D eigenvalue weighted by Gasteiger charge is -2.19. The van der Waals surface area contributed by atoms with Crippen LogP contribution in [0, 0.1) is 5.92 Å². The molecule has 1 fully saturated rings. The number of ether oxygens (including phenoxy) is 1. The topological polar surface area (TPSA) is 96.5 Å². The van der Waals surface area contributed by atoms with Gasteiger partial charge in [-0.2, -0.15) is 0 Å². The molecule has 0 unspecified atom stereocenters. The number of benzene rings is 1. The second-order valence-corrected chi connectivity index (χ2v) is 8.69. The number of anilines is 1. The average Bonchev–Trinajstić information content (AvgIpc) is 3.19. The molecule has 0 radical (unpaired) electrons. The summed E-state index contributed by atoms with van der Waals surface area (Å²) in [5, 5.41) is 8.02. The fourth-order valence-electron chi connectivity index (χ4n) is 3.32. The van der Waals surface area contributed by atoms with Gasteiger partial charge in [-0.15, -0.1) is 0 Å². The monoisotopic (exact) mass is 415 g/mol. The molecule has 0 atom stereocenters. The molecule has 3 amide bonds. The number of hydrogen-bond acceptors (Lipinski definition) is 4. The molecule has 0 aromatic heterocycles. The molecule has 0 heterocycles. The molecule has 2 rings (SSSR count). The summed E-state index contributed by atoms with van der Waals surface area (Å²) in [5.41, 5.74) is 2.08. The lowest BCUT2D eigenvalue weighted by atomic mass is 9.99. The summed E-state index contributed by atoms with van der Waals surface area (Å²) in [4.78, 5) is 35.6. The van der Waals surface area contributed by atoms with Crippen molar-refractivity contribution in [1.82, 2.24) is 10.6 Å². The van der Waals surface area contributed by atoms with E-state index in [0.29, 0.717) is 18.2 Å². The van der Waals surface area contributed by atoms with Gasteiger partial charge in [0.2, 0.25) is 11.8 Å². The minimum atomic E-state index is -0.638. The van der Waals surface area contributed by atoms with Gasteiger partial charge in [-0.3, -0.25) is 9.59 Å². The maximum Gasteiger partial charge on any atom is 0.408 e. The van der Waals surface area contributed by atoms with Crippen molar-refractivity contribution in [2.24, 2.45) is 5.92 Å². The zero-order valence-corrected chi connectivity index (χ0v) is 18.3. The van der Waals surface area contributed by atoms with Crippen LogP contribution >= 0.6 is 0 Å². The van der Waals surface area contributed by atoms with Crippen LogP contribution in [0.3, 0.4) is 0 Å². The molecule has 7 nitrogen and oxygen atoms in total. The smallest absolute Gasteiger partial charge is 0.408 e. The molecular formula is C23H33N3O4. The van der Waals surface area contributed by atoms with E-state index in [-0.39, 0.29) is 18.4 Å². The van der Waals surface area contributed by atoms with Crippen molar-refractivity contribution in [3.8, 4) is 0 Å². The normalized spacial score (nSPS) is 14.9. The predicted octanol–water partition coefficient (Wildman–Crippen LogP) is 3.90. The molecule has 1 saturated carbocycles. The third kappa shape index (κ3) is 8.68. The Morgan fingerprint density at radius 1 is 1.07 bits per heavy atom. The number of nitrogens with one attached hydrogen (secondary N) is 3. The molecule has 0 spiro atoms. The van der Waals surface area contributed by atoms with Crippen LogP contribution in [-0.2, 0) is 20.9 Å². The minimum absolute atomic E-state index is 0.0787. The number of amides is 3. The van der Waals surface area contributed by atoms with Gasteiger partial charge in [0.1, 0.15) is 12.1 Å². The number of carbonyl (C=O) groups excluding carboxylic acids is 3. The number of carbonyl (C=O) groups is 3. The van der Waals surface area contributed by atoms with E-state index in [4.69, 9.17) is 4.74 Å². The minimum Gasteiger partial charge on any atom is -0.444 e. The van der Waals surface area contributed by atoms with E-state index >= 15 is 0 Å². The van der Waals surface area contributed by atoms with Crippen LogP contribution in [0.5, 0.6) is 0 Å². The molecule has 1 aliphatic rings. The Labute approximate surface area is 178 Å². The first-order valence-electron chi connectivity index (χ1n) is 10.4. The average molecular weight is 416 g/mol. The van der Waals surface area contributed by atoms with Crippen LogP contribution in [-0.4, -0.2) is 30.1 Å². The summed E-state index contributed by atoms with van der Waals surface area (Å²) in [5.74, 6) is 0.114. The van der Waals surface area contributed by atoms with E-state index in [1.807, 2.05) is 19.1 Å². The van der Waals surface area contributed by atoms with Gasteiger partial charge in [0, 0.05) is 18.3 Å². The Morgan fingerprint density at radius 2 is 1.70 bits per heavy atom. The highest BCUT2D eigenvalue weighted by atomic mass is 16.6. The van der Waals surface area contributed by atoms with Crippen LogP contribution in [0.1, 0.15) is 58.9 Å². The molecule has 30 heavy (non-hydrogen) atoms. The summed E-state index contributed by atoms with van der Waals surface area (Å²) in [6, 6.07) is 7.19. The third-order valence-corrected chi connectivity index (χ3v) is 4.85. The van der Waals surface area contributed by atoms with E-state index < -0.39 is 11.7 Å². The Morgan fingerprint density at radius 3 is 2.30 bits per heavy atom. The van der Waals surface area contributed by atoms with Crippen molar-refractivity contribution >= 4 is 23.6 Å². The molecule has 1 aliphatic carbocycles. The quantitative estimate of drug-likeness (QED) is 0.589. The molecule has 0 saturated heterocycles. The van der Waals surface area contributed by atoms with Crippen LogP contribution < -0.4 is 16.0 Å². The summed E-state index contributed by atoms with van der Waals surface area (Å²) in [6.07, 6.45) is 5.92. The molecule has 3 N–H and O–H groups in total. The van der Waals surface area contributed by atoms with Gasteiger partial charge in [0.15, 0.2) is 0 Å². The predicted molar refractivity (Wildman–Crippen MR) is 117 cm³/mol. The van der Waals surface area contributed by atoms with Crippen molar-refractivity contribution < 1.29 is 19.1 Å². The van der Waals surface area contributed by atoms with E-state index in [2.05, 4.69) is 16.0 Å². The lowest BCUT2D eigenvalue weighted by molar-refractivity contribution is -0.117. The van der Waals surface area contributed by atoms with Gasteiger partial charge < -0.3 is 20.7 Å². The Balaban J connectivity index is 1.73. The van der Waals surface area contributed by atoms with Crippen molar-refractivity contribution in [1.29, 1.82) is 0 Å². The summed E-state index contributed by atoms with van der Waals surface area (Å²) in [6.45, 7) is 7.53. The van der Waals surface area contributed by atoms with Gasteiger partial charge >= 0.3 is 6.09 Å². The van der Waals surface area contributed by atoms with Crippen molar-refractivity contribution in [2.75, 3.05) is 11.9 Å². The Bertz CT molecular complexity index is 773. The molecule has 0 bridgehead atoms. The second-order valence-electron chi connectivity index (χ2n) is 8.69. The van der Waals surface area contributed by atoms with Gasteiger partial charge in [-0.25, -0.2) is 4.79 Å². The first kappa shape index (κ1) is 23.4. The van der Waals surface area contributed by atoms with E-state index in [1.165, 1.54) is 25.7 Å². The van der Waals surface area contributed by atoms with Gasteiger partial charge in [0.05, 0.1) is 0 Å². The van der Waals surface area contributed by atoms with Crippen LogP contribution in [0.15, 0.2) is 35.9 Å². The second kappa shape index (κ2) is 10.8. The maximum atomic E-state index is 12.1. The molecular weight excluding hydrogens is 382 g/mol.